The lowest BCUT2D eigenvalue weighted by Gasteiger charge is -2.43. The van der Waals surface area contributed by atoms with Crippen LogP contribution in [0.15, 0.2) is 12.1 Å². The van der Waals surface area contributed by atoms with Crippen molar-refractivity contribution in [2.24, 2.45) is 5.73 Å². The van der Waals surface area contributed by atoms with E-state index in [2.05, 4.69) is 0 Å². The van der Waals surface area contributed by atoms with E-state index in [1.807, 2.05) is 6.92 Å². The van der Waals surface area contributed by atoms with Gasteiger partial charge in [0.2, 0.25) is 0 Å². The van der Waals surface area contributed by atoms with Crippen LogP contribution in [0, 0.1) is 17.5 Å². The fourth-order valence-electron chi connectivity index (χ4n) is 2.12. The molecule has 2 N–H and O–H groups in total. The normalized spacial score (nSPS) is 26.4. The highest BCUT2D eigenvalue weighted by Crippen LogP contribution is 2.35. The Balaban J connectivity index is 0.00000162. The lowest BCUT2D eigenvalue weighted by Crippen LogP contribution is -2.50. The molecule has 2 rings (SSSR count). The molecule has 0 aliphatic heterocycles. The molecule has 0 amide bonds. The summed E-state index contributed by atoms with van der Waals surface area (Å²) >= 11 is 0. The molecule has 0 spiro atoms. The summed E-state index contributed by atoms with van der Waals surface area (Å²) in [5, 5.41) is 0. The Morgan fingerprint density at radius 3 is 2.22 bits per heavy atom. The van der Waals surface area contributed by atoms with Crippen LogP contribution >= 0.6 is 12.4 Å². The second-order valence-electron chi connectivity index (χ2n) is 4.78. The van der Waals surface area contributed by atoms with Crippen LogP contribution in [-0.4, -0.2) is 11.6 Å². The number of ether oxygens (including phenoxy) is 1. The molecule has 0 aromatic heterocycles. The zero-order chi connectivity index (χ0) is 12.6. The molecule has 1 fully saturated rings. The van der Waals surface area contributed by atoms with Crippen molar-refractivity contribution in [2.45, 2.75) is 38.0 Å². The summed E-state index contributed by atoms with van der Waals surface area (Å²) in [6, 6.07) is 2.02. The lowest BCUT2D eigenvalue weighted by atomic mass is 9.77. The smallest absolute Gasteiger partial charge is 0.194 e. The van der Waals surface area contributed by atoms with E-state index >= 15 is 0 Å². The fourth-order valence-corrected chi connectivity index (χ4v) is 2.12. The first kappa shape index (κ1) is 15.3. The first-order valence-corrected chi connectivity index (χ1v) is 5.42. The highest BCUT2D eigenvalue weighted by Gasteiger charge is 2.39. The molecule has 1 saturated carbocycles. The van der Waals surface area contributed by atoms with Gasteiger partial charge in [0, 0.05) is 6.04 Å². The van der Waals surface area contributed by atoms with Gasteiger partial charge in [0.25, 0.3) is 0 Å². The molecule has 0 saturated heterocycles. The number of benzene rings is 1. The van der Waals surface area contributed by atoms with Crippen LogP contribution < -0.4 is 5.73 Å². The van der Waals surface area contributed by atoms with Gasteiger partial charge in [-0.1, -0.05) is 0 Å². The monoisotopic (exact) mass is 281 g/mol. The summed E-state index contributed by atoms with van der Waals surface area (Å²) in [5.74, 6) is -3.84. The maximum atomic E-state index is 12.9. The summed E-state index contributed by atoms with van der Waals surface area (Å²) < 4.78 is 44.1. The van der Waals surface area contributed by atoms with E-state index in [9.17, 15) is 13.2 Å². The van der Waals surface area contributed by atoms with Gasteiger partial charge in [-0.15, -0.1) is 12.4 Å². The average Bonchev–Trinajstić information content (AvgIpc) is 2.21. The molecule has 18 heavy (non-hydrogen) atoms. The van der Waals surface area contributed by atoms with Crippen LogP contribution in [0.4, 0.5) is 13.2 Å². The predicted octanol–water partition coefficient (Wildman–Crippen LogP) is 2.92. The second kappa shape index (κ2) is 5.47. The molecule has 1 aromatic rings. The van der Waals surface area contributed by atoms with E-state index in [0.717, 1.165) is 25.0 Å². The molecule has 0 heterocycles. The van der Waals surface area contributed by atoms with Gasteiger partial charge in [0.15, 0.2) is 17.5 Å². The zero-order valence-electron chi connectivity index (χ0n) is 9.88. The summed E-state index contributed by atoms with van der Waals surface area (Å²) in [6.07, 6.45) is 1.44. The van der Waals surface area contributed by atoms with Gasteiger partial charge in [0.1, 0.15) is 0 Å². The van der Waals surface area contributed by atoms with Crippen molar-refractivity contribution >= 4 is 12.4 Å². The molecule has 1 aliphatic rings. The molecule has 0 atom stereocenters. The minimum absolute atomic E-state index is 0. The van der Waals surface area contributed by atoms with Gasteiger partial charge < -0.3 is 10.5 Å². The second-order valence-corrected chi connectivity index (χ2v) is 4.78. The third kappa shape index (κ3) is 3.16. The Hall–Kier alpha value is -0.780. The van der Waals surface area contributed by atoms with Crippen molar-refractivity contribution < 1.29 is 17.9 Å². The molecule has 6 heteroatoms. The van der Waals surface area contributed by atoms with Gasteiger partial charge in [-0.3, -0.25) is 0 Å². The van der Waals surface area contributed by atoms with Gasteiger partial charge in [-0.05, 0) is 37.5 Å². The molecule has 0 bridgehead atoms. The molecule has 0 unspecified atom stereocenters. The molecule has 1 aromatic carbocycles. The van der Waals surface area contributed by atoms with Crippen LogP contribution in [0.25, 0.3) is 0 Å². The van der Waals surface area contributed by atoms with Crippen LogP contribution in [0.1, 0.15) is 25.3 Å². The van der Waals surface area contributed by atoms with E-state index in [1.54, 1.807) is 0 Å². The van der Waals surface area contributed by atoms with Crippen molar-refractivity contribution in [3.05, 3.63) is 35.1 Å². The highest BCUT2D eigenvalue weighted by molar-refractivity contribution is 5.85. The Labute approximate surface area is 110 Å². The van der Waals surface area contributed by atoms with Crippen molar-refractivity contribution in [3.8, 4) is 0 Å². The number of hydrogen-bond acceptors (Lipinski definition) is 2. The molecule has 0 radical (unpaired) electrons. The van der Waals surface area contributed by atoms with Gasteiger partial charge in [-0.2, -0.15) is 0 Å². The number of nitrogens with two attached hydrogens (primary N) is 1. The number of halogens is 4. The topological polar surface area (TPSA) is 35.2 Å². The van der Waals surface area contributed by atoms with Crippen molar-refractivity contribution in [2.75, 3.05) is 0 Å². The fraction of sp³-hybridized carbons (Fsp3) is 0.500. The maximum absolute atomic E-state index is 12.9. The summed E-state index contributed by atoms with van der Waals surface area (Å²) in [5.41, 5.74) is 5.59. The summed E-state index contributed by atoms with van der Waals surface area (Å²) in [4.78, 5) is 0. The largest absolute Gasteiger partial charge is 0.370 e. The van der Waals surface area contributed by atoms with E-state index in [0.29, 0.717) is 0 Å². The van der Waals surface area contributed by atoms with Crippen LogP contribution in [-0.2, 0) is 11.3 Å². The minimum Gasteiger partial charge on any atom is -0.370 e. The third-order valence-electron chi connectivity index (χ3n) is 3.02. The quantitative estimate of drug-likeness (QED) is 0.865. The van der Waals surface area contributed by atoms with E-state index in [-0.39, 0.29) is 36.2 Å². The highest BCUT2D eigenvalue weighted by atomic mass is 35.5. The van der Waals surface area contributed by atoms with Crippen molar-refractivity contribution in [1.29, 1.82) is 0 Å². The Bertz CT molecular complexity index is 412. The van der Waals surface area contributed by atoms with E-state index in [4.69, 9.17) is 10.5 Å². The van der Waals surface area contributed by atoms with Gasteiger partial charge in [-0.25, -0.2) is 13.2 Å². The summed E-state index contributed by atoms with van der Waals surface area (Å²) in [7, 11) is 0. The first-order valence-electron chi connectivity index (χ1n) is 5.42. The number of rotatable bonds is 3. The Kier molecular flexibility index (Phi) is 4.64. The maximum Gasteiger partial charge on any atom is 0.194 e. The summed E-state index contributed by atoms with van der Waals surface area (Å²) in [6.45, 7) is 1.95. The van der Waals surface area contributed by atoms with Crippen molar-refractivity contribution in [3.63, 3.8) is 0 Å². The molecule has 102 valence electrons. The zero-order valence-corrected chi connectivity index (χ0v) is 10.7. The predicted molar refractivity (Wildman–Crippen MR) is 64.0 cm³/mol. The minimum atomic E-state index is -1.45. The number of hydrogen-bond donors (Lipinski definition) is 1. The lowest BCUT2D eigenvalue weighted by molar-refractivity contribution is -0.104. The van der Waals surface area contributed by atoms with Crippen LogP contribution in [0.3, 0.4) is 0 Å². The molecular weight excluding hydrogens is 267 g/mol. The van der Waals surface area contributed by atoms with Gasteiger partial charge in [0.05, 0.1) is 12.2 Å². The SMILES string of the molecule is C[C@]1(OCc2cc(F)c(F)c(F)c2)C[C@@H](N)C1.Cl. The average molecular weight is 282 g/mol. The molecule has 1 aliphatic carbocycles. The molecule has 2 nitrogen and oxygen atoms in total. The van der Waals surface area contributed by atoms with Crippen LogP contribution in [0.5, 0.6) is 0 Å². The van der Waals surface area contributed by atoms with Crippen molar-refractivity contribution in [1.82, 2.24) is 0 Å². The van der Waals surface area contributed by atoms with Gasteiger partial charge >= 0.3 is 0 Å². The molecular formula is C12H15ClF3NO. The van der Waals surface area contributed by atoms with E-state index < -0.39 is 17.5 Å². The Morgan fingerprint density at radius 2 is 1.78 bits per heavy atom. The van der Waals surface area contributed by atoms with Crippen LogP contribution in [0.2, 0.25) is 0 Å². The first-order chi connectivity index (χ1) is 7.89. The third-order valence-corrected chi connectivity index (χ3v) is 3.02. The standard InChI is InChI=1S/C12H14F3NO.ClH/c1-12(4-8(16)5-12)17-6-7-2-9(13)11(15)10(14)3-7;/h2-3,8H,4-6,16H2,1H3;1H/t8-,12+;. The van der Waals surface area contributed by atoms with E-state index in [1.165, 1.54) is 0 Å². The Morgan fingerprint density at radius 1 is 1.28 bits per heavy atom.